The van der Waals surface area contributed by atoms with Gasteiger partial charge in [0.2, 0.25) is 0 Å². The smallest absolute Gasteiger partial charge is 0.195 e. The quantitative estimate of drug-likeness (QED) is 0.612. The molecule has 0 unspecified atom stereocenters. The van der Waals surface area contributed by atoms with Crippen molar-refractivity contribution in [3.63, 3.8) is 0 Å². The van der Waals surface area contributed by atoms with Crippen molar-refractivity contribution in [1.29, 1.82) is 0 Å². The lowest BCUT2D eigenvalue weighted by Gasteiger charge is -2.26. The first-order valence-corrected chi connectivity index (χ1v) is 6.62. The first-order chi connectivity index (χ1) is 7.04. The second kappa shape index (κ2) is 6.83. The highest BCUT2D eigenvalue weighted by Crippen LogP contribution is 2.08. The topological polar surface area (TPSA) is 40.6 Å². The summed E-state index contributed by atoms with van der Waals surface area (Å²) in [6.45, 7) is 7.15. The second-order valence-corrected chi connectivity index (χ2v) is 5.06. The van der Waals surface area contributed by atoms with E-state index in [1.165, 1.54) is 8.61 Å². The Kier molecular flexibility index (Phi) is 6.57. The Hall–Kier alpha value is -0.570. The highest BCUT2D eigenvalue weighted by Gasteiger charge is 2.25. The van der Waals surface area contributed by atoms with Crippen molar-refractivity contribution < 1.29 is 8.42 Å². The fraction of sp³-hybridized carbons (Fsp3) is 0.800. The van der Waals surface area contributed by atoms with Crippen molar-refractivity contribution in [3.05, 3.63) is 0 Å². The lowest BCUT2D eigenvalue weighted by atomic mass is 10.5. The van der Waals surface area contributed by atoms with Crippen LogP contribution in [0.2, 0.25) is 0 Å². The van der Waals surface area contributed by atoms with Crippen LogP contribution in [0.25, 0.3) is 0 Å². The van der Waals surface area contributed by atoms with Crippen LogP contribution in [0.15, 0.2) is 0 Å². The van der Waals surface area contributed by atoms with Crippen molar-refractivity contribution in [1.82, 2.24) is 8.61 Å². The van der Waals surface area contributed by atoms with Crippen LogP contribution in [0.4, 0.5) is 0 Å². The Bertz CT molecular complexity index is 302. The zero-order valence-electron chi connectivity index (χ0n) is 9.73. The molecule has 0 N–H and O–H groups in total. The van der Waals surface area contributed by atoms with Crippen LogP contribution in [0.3, 0.4) is 0 Å². The molecule has 0 heterocycles. The van der Waals surface area contributed by atoms with Gasteiger partial charge in [-0.1, -0.05) is 26.7 Å². The van der Waals surface area contributed by atoms with Crippen LogP contribution >= 0.6 is 0 Å². The molecule has 0 radical (unpaired) electrons. The average molecular weight is 232 g/mol. The molecule has 0 aliphatic carbocycles. The van der Waals surface area contributed by atoms with Gasteiger partial charge in [0.25, 0.3) is 10.2 Å². The molecule has 0 aliphatic heterocycles. The Balaban J connectivity index is 4.85. The molecule has 5 heteroatoms. The molecule has 15 heavy (non-hydrogen) atoms. The molecule has 0 rings (SSSR count). The van der Waals surface area contributed by atoms with Gasteiger partial charge in [0, 0.05) is 19.6 Å². The van der Waals surface area contributed by atoms with E-state index in [0.29, 0.717) is 19.6 Å². The molecule has 88 valence electrons. The molecule has 0 aliphatic rings. The summed E-state index contributed by atoms with van der Waals surface area (Å²) in [5.74, 6) is 2.38. The normalized spacial score (nSPS) is 12.0. The monoisotopic (exact) mass is 232 g/mol. The maximum absolute atomic E-state index is 12.0. The van der Waals surface area contributed by atoms with Crippen molar-refractivity contribution in [3.8, 4) is 12.3 Å². The summed E-state index contributed by atoms with van der Waals surface area (Å²) in [7, 11) is -3.36. The summed E-state index contributed by atoms with van der Waals surface area (Å²) in [5, 5.41) is 0. The van der Waals surface area contributed by atoms with Gasteiger partial charge in [-0.25, -0.2) is 0 Å². The summed E-state index contributed by atoms with van der Waals surface area (Å²) in [5.41, 5.74) is 0. The van der Waals surface area contributed by atoms with E-state index < -0.39 is 10.2 Å². The minimum Gasteiger partial charge on any atom is -0.195 e. The van der Waals surface area contributed by atoms with Gasteiger partial charge in [0.1, 0.15) is 0 Å². The molecule has 4 nitrogen and oxygen atoms in total. The first-order valence-electron chi connectivity index (χ1n) is 5.23. The lowest BCUT2D eigenvalue weighted by Crippen LogP contribution is -2.44. The van der Waals surface area contributed by atoms with E-state index in [0.717, 1.165) is 6.42 Å². The van der Waals surface area contributed by atoms with Crippen LogP contribution in [0, 0.1) is 12.3 Å². The van der Waals surface area contributed by atoms with Crippen molar-refractivity contribution in [2.45, 2.75) is 27.2 Å². The van der Waals surface area contributed by atoms with E-state index in [1.807, 2.05) is 20.8 Å². The van der Waals surface area contributed by atoms with Crippen LogP contribution in [0.1, 0.15) is 27.2 Å². The Morgan fingerprint density at radius 2 is 1.67 bits per heavy atom. The molecule has 0 aromatic carbocycles. The Morgan fingerprint density at radius 1 is 1.13 bits per heavy atom. The highest BCUT2D eigenvalue weighted by atomic mass is 32.2. The number of rotatable bonds is 7. The molecule has 0 bridgehead atoms. The average Bonchev–Trinajstić information content (AvgIpc) is 2.19. The van der Waals surface area contributed by atoms with Crippen molar-refractivity contribution in [2.75, 3.05) is 26.2 Å². The van der Waals surface area contributed by atoms with Crippen LogP contribution in [0.5, 0.6) is 0 Å². The van der Waals surface area contributed by atoms with Crippen LogP contribution < -0.4 is 0 Å². The van der Waals surface area contributed by atoms with Gasteiger partial charge in [-0.15, -0.1) is 6.42 Å². The molecule has 0 atom stereocenters. The van der Waals surface area contributed by atoms with E-state index in [4.69, 9.17) is 6.42 Å². The second-order valence-electron chi connectivity index (χ2n) is 3.13. The minimum atomic E-state index is -3.36. The van der Waals surface area contributed by atoms with Crippen molar-refractivity contribution in [2.24, 2.45) is 0 Å². The molecule has 0 aromatic heterocycles. The Morgan fingerprint density at radius 3 is 2.00 bits per heavy atom. The molecule has 0 aromatic rings. The zero-order valence-corrected chi connectivity index (χ0v) is 10.5. The largest absolute Gasteiger partial charge is 0.282 e. The number of terminal acetylenes is 1. The fourth-order valence-electron chi connectivity index (χ4n) is 1.34. The molecular weight excluding hydrogens is 212 g/mol. The van der Waals surface area contributed by atoms with Gasteiger partial charge in [-0.3, -0.25) is 0 Å². The van der Waals surface area contributed by atoms with Crippen molar-refractivity contribution >= 4 is 10.2 Å². The molecule has 0 spiro atoms. The molecule has 0 fully saturated rings. The van der Waals surface area contributed by atoms with Gasteiger partial charge < -0.3 is 0 Å². The van der Waals surface area contributed by atoms with Gasteiger partial charge in [-0.2, -0.15) is 17.0 Å². The zero-order chi connectivity index (χ0) is 11.9. The van der Waals surface area contributed by atoms with E-state index in [1.54, 1.807) is 0 Å². The molecular formula is C10H20N2O2S. The van der Waals surface area contributed by atoms with Crippen LogP contribution in [-0.2, 0) is 10.2 Å². The number of hydrogen-bond donors (Lipinski definition) is 0. The first kappa shape index (κ1) is 14.4. The van der Waals surface area contributed by atoms with Gasteiger partial charge in [-0.05, 0) is 6.42 Å². The SMILES string of the molecule is C#CCN(CCC)S(=O)(=O)N(CC)CC. The number of hydrogen-bond acceptors (Lipinski definition) is 2. The summed E-state index contributed by atoms with van der Waals surface area (Å²) in [4.78, 5) is 0. The third-order valence-corrected chi connectivity index (χ3v) is 4.23. The molecule has 0 amide bonds. The fourth-order valence-corrected chi connectivity index (χ4v) is 2.97. The van der Waals surface area contributed by atoms with E-state index in [9.17, 15) is 8.42 Å². The van der Waals surface area contributed by atoms with Crippen LogP contribution in [-0.4, -0.2) is 43.2 Å². The van der Waals surface area contributed by atoms with E-state index in [2.05, 4.69) is 5.92 Å². The molecule has 0 saturated heterocycles. The minimum absolute atomic E-state index is 0.146. The maximum Gasteiger partial charge on any atom is 0.282 e. The summed E-state index contributed by atoms with van der Waals surface area (Å²) < 4.78 is 26.8. The lowest BCUT2D eigenvalue weighted by molar-refractivity contribution is 0.366. The third kappa shape index (κ3) is 3.82. The summed E-state index contributed by atoms with van der Waals surface area (Å²) >= 11 is 0. The summed E-state index contributed by atoms with van der Waals surface area (Å²) in [6, 6.07) is 0. The highest BCUT2D eigenvalue weighted by molar-refractivity contribution is 7.86. The van der Waals surface area contributed by atoms with Gasteiger partial charge >= 0.3 is 0 Å². The number of nitrogens with zero attached hydrogens (tertiary/aromatic N) is 2. The predicted octanol–water partition coefficient (Wildman–Crippen LogP) is 0.918. The maximum atomic E-state index is 12.0. The molecule has 0 saturated carbocycles. The standard InChI is InChI=1S/C10H20N2O2S/c1-5-9-12(10-6-2)15(13,14)11(7-3)8-4/h1H,6-10H2,2-4H3. The van der Waals surface area contributed by atoms with E-state index >= 15 is 0 Å². The summed E-state index contributed by atoms with van der Waals surface area (Å²) in [6.07, 6.45) is 5.93. The van der Waals surface area contributed by atoms with Gasteiger partial charge in [0.05, 0.1) is 6.54 Å². The van der Waals surface area contributed by atoms with E-state index in [-0.39, 0.29) is 6.54 Å². The Labute approximate surface area is 93.4 Å². The third-order valence-electron chi connectivity index (χ3n) is 2.10. The van der Waals surface area contributed by atoms with Gasteiger partial charge in [0.15, 0.2) is 0 Å². The predicted molar refractivity (Wildman–Crippen MR) is 62.5 cm³/mol.